The Hall–Kier alpha value is -3.47. The molecule has 5 nitrogen and oxygen atoms in total. The van der Waals surface area contributed by atoms with Gasteiger partial charge < -0.3 is 10.3 Å². The molecule has 4 aromatic heterocycles. The monoisotopic (exact) mass is 325 g/mol. The minimum absolute atomic E-state index is 0.792. The maximum Gasteiger partial charge on any atom is 0.142 e. The maximum absolute atomic E-state index is 4.83. The van der Waals surface area contributed by atoms with E-state index in [-0.39, 0.29) is 0 Å². The van der Waals surface area contributed by atoms with Gasteiger partial charge in [0.05, 0.1) is 11.7 Å². The number of pyridine rings is 3. The molecule has 4 heterocycles. The van der Waals surface area contributed by atoms with Crippen LogP contribution in [0.5, 0.6) is 0 Å². The first-order chi connectivity index (χ1) is 12.3. The second-order valence-corrected chi connectivity index (χ2v) is 6.15. The molecule has 0 atom stereocenters. The molecule has 5 rings (SSSR count). The van der Waals surface area contributed by atoms with E-state index in [1.807, 2.05) is 49.1 Å². The fourth-order valence-electron chi connectivity index (χ4n) is 3.31. The molecule has 0 saturated carbocycles. The number of aromatic nitrogens is 4. The summed E-state index contributed by atoms with van der Waals surface area (Å²) in [7, 11) is 0. The average molecular weight is 325 g/mol. The van der Waals surface area contributed by atoms with Crippen molar-refractivity contribution in [3.05, 3.63) is 66.7 Å². The highest BCUT2D eigenvalue weighted by Gasteiger charge is 2.13. The van der Waals surface area contributed by atoms with Gasteiger partial charge in [-0.1, -0.05) is 12.1 Å². The number of rotatable bonds is 2. The summed E-state index contributed by atoms with van der Waals surface area (Å²) in [5.41, 5.74) is 4.03. The number of aryl methyl sites for hydroxylation is 1. The molecule has 0 fully saturated rings. The van der Waals surface area contributed by atoms with Crippen molar-refractivity contribution in [2.45, 2.75) is 6.92 Å². The quantitative estimate of drug-likeness (QED) is 0.493. The Kier molecular flexibility index (Phi) is 2.94. The molecule has 0 unspecified atom stereocenters. The number of nitrogens with one attached hydrogen (secondary N) is 2. The molecule has 0 amide bonds. The van der Waals surface area contributed by atoms with Gasteiger partial charge in [-0.3, -0.25) is 9.97 Å². The zero-order chi connectivity index (χ0) is 16.8. The highest BCUT2D eigenvalue weighted by molar-refractivity contribution is 6.20. The lowest BCUT2D eigenvalue weighted by Gasteiger charge is -2.10. The van der Waals surface area contributed by atoms with Gasteiger partial charge in [-0.05, 0) is 36.8 Å². The Labute approximate surface area is 143 Å². The van der Waals surface area contributed by atoms with Crippen molar-refractivity contribution in [1.29, 1.82) is 0 Å². The SMILES string of the molecule is Cc1cccc(Nc2nc3[nH]c4cnccc4c3c3ccncc23)c1. The van der Waals surface area contributed by atoms with E-state index < -0.39 is 0 Å². The summed E-state index contributed by atoms with van der Waals surface area (Å²) in [4.78, 5) is 16.7. The molecule has 0 spiro atoms. The summed E-state index contributed by atoms with van der Waals surface area (Å²) in [6.07, 6.45) is 7.32. The van der Waals surface area contributed by atoms with Gasteiger partial charge in [0.2, 0.25) is 0 Å². The number of benzene rings is 1. The second-order valence-electron chi connectivity index (χ2n) is 6.15. The van der Waals surface area contributed by atoms with Crippen molar-refractivity contribution in [3.8, 4) is 0 Å². The van der Waals surface area contributed by atoms with Crippen LogP contribution in [0.2, 0.25) is 0 Å². The fraction of sp³-hybridized carbons (Fsp3) is 0.0500. The molecule has 0 aliphatic heterocycles. The molecule has 5 aromatic rings. The minimum atomic E-state index is 0.792. The second kappa shape index (κ2) is 5.27. The van der Waals surface area contributed by atoms with E-state index in [4.69, 9.17) is 4.98 Å². The molecule has 0 aliphatic rings. The first-order valence-corrected chi connectivity index (χ1v) is 8.12. The Morgan fingerprint density at radius 2 is 1.76 bits per heavy atom. The number of nitrogens with zero attached hydrogens (tertiary/aromatic N) is 3. The van der Waals surface area contributed by atoms with Gasteiger partial charge in [0, 0.05) is 45.8 Å². The summed E-state index contributed by atoms with van der Waals surface area (Å²) in [5, 5.41) is 7.77. The first-order valence-electron chi connectivity index (χ1n) is 8.12. The first kappa shape index (κ1) is 13.9. The average Bonchev–Trinajstić information content (AvgIpc) is 3.00. The molecule has 0 saturated heterocycles. The number of H-pyrrole nitrogens is 1. The Morgan fingerprint density at radius 1 is 0.920 bits per heavy atom. The van der Waals surface area contributed by atoms with E-state index in [2.05, 4.69) is 39.3 Å². The lowest BCUT2D eigenvalue weighted by atomic mass is 10.1. The zero-order valence-corrected chi connectivity index (χ0v) is 13.6. The molecule has 1 aromatic carbocycles. The number of fused-ring (bicyclic) bond motifs is 5. The van der Waals surface area contributed by atoms with E-state index in [1.54, 1.807) is 0 Å². The Balaban J connectivity index is 1.82. The lowest BCUT2D eigenvalue weighted by Crippen LogP contribution is -1.96. The van der Waals surface area contributed by atoms with Crippen LogP contribution in [-0.4, -0.2) is 19.9 Å². The van der Waals surface area contributed by atoms with E-state index >= 15 is 0 Å². The largest absolute Gasteiger partial charge is 0.340 e. The predicted octanol–water partition coefficient (Wildman–Crippen LogP) is 4.71. The molecular formula is C20H15N5. The number of anilines is 2. The fourth-order valence-corrected chi connectivity index (χ4v) is 3.31. The van der Waals surface area contributed by atoms with Crippen LogP contribution in [0.1, 0.15) is 5.56 Å². The van der Waals surface area contributed by atoms with Gasteiger partial charge in [0.1, 0.15) is 11.5 Å². The van der Waals surface area contributed by atoms with Crippen LogP contribution >= 0.6 is 0 Å². The zero-order valence-electron chi connectivity index (χ0n) is 13.6. The third-order valence-corrected chi connectivity index (χ3v) is 4.43. The molecule has 5 heteroatoms. The van der Waals surface area contributed by atoms with Gasteiger partial charge in [0.25, 0.3) is 0 Å². The van der Waals surface area contributed by atoms with Crippen LogP contribution in [0.3, 0.4) is 0 Å². The highest BCUT2D eigenvalue weighted by atomic mass is 15.0. The van der Waals surface area contributed by atoms with Gasteiger partial charge in [0.15, 0.2) is 0 Å². The summed E-state index contributed by atoms with van der Waals surface area (Å²) in [6.45, 7) is 2.08. The van der Waals surface area contributed by atoms with Gasteiger partial charge in [-0.15, -0.1) is 0 Å². The maximum atomic E-state index is 4.83. The third-order valence-electron chi connectivity index (χ3n) is 4.43. The van der Waals surface area contributed by atoms with Crippen molar-refractivity contribution >= 4 is 44.2 Å². The van der Waals surface area contributed by atoms with Crippen LogP contribution in [0.15, 0.2) is 61.2 Å². The van der Waals surface area contributed by atoms with E-state index in [0.717, 1.165) is 44.2 Å². The van der Waals surface area contributed by atoms with Gasteiger partial charge in [-0.2, -0.15) is 0 Å². The van der Waals surface area contributed by atoms with E-state index in [0.29, 0.717) is 0 Å². The van der Waals surface area contributed by atoms with Crippen LogP contribution < -0.4 is 5.32 Å². The predicted molar refractivity (Wildman–Crippen MR) is 101 cm³/mol. The topological polar surface area (TPSA) is 66.5 Å². The number of aromatic amines is 1. The molecule has 0 aliphatic carbocycles. The minimum Gasteiger partial charge on any atom is -0.340 e. The summed E-state index contributed by atoms with van der Waals surface area (Å²) in [6, 6.07) is 12.3. The van der Waals surface area contributed by atoms with Crippen LogP contribution in [0.25, 0.3) is 32.7 Å². The van der Waals surface area contributed by atoms with Crippen molar-refractivity contribution in [2.75, 3.05) is 5.32 Å². The summed E-state index contributed by atoms with van der Waals surface area (Å²) < 4.78 is 0. The summed E-state index contributed by atoms with van der Waals surface area (Å²) >= 11 is 0. The van der Waals surface area contributed by atoms with Crippen molar-refractivity contribution < 1.29 is 0 Å². The van der Waals surface area contributed by atoms with Crippen LogP contribution in [0, 0.1) is 6.92 Å². The van der Waals surface area contributed by atoms with Crippen LogP contribution in [0.4, 0.5) is 11.5 Å². The highest BCUT2D eigenvalue weighted by Crippen LogP contribution is 2.34. The van der Waals surface area contributed by atoms with E-state index in [1.165, 1.54) is 5.56 Å². The molecular weight excluding hydrogens is 310 g/mol. The standard InChI is InChI=1S/C20H15N5/c1-12-3-2-4-13(9-12)23-19-16-10-21-7-5-14(16)18-15-6-8-22-11-17(15)24-20(18)25-19/h2-11H,1H3,(H2,23,24,25). The number of hydrogen-bond acceptors (Lipinski definition) is 4. The van der Waals surface area contributed by atoms with Crippen molar-refractivity contribution in [3.63, 3.8) is 0 Å². The van der Waals surface area contributed by atoms with E-state index in [9.17, 15) is 0 Å². The van der Waals surface area contributed by atoms with Gasteiger partial charge in [-0.25, -0.2) is 4.98 Å². The molecule has 2 N–H and O–H groups in total. The Morgan fingerprint density at radius 3 is 2.64 bits per heavy atom. The number of hydrogen-bond donors (Lipinski definition) is 2. The van der Waals surface area contributed by atoms with Gasteiger partial charge >= 0.3 is 0 Å². The van der Waals surface area contributed by atoms with Crippen LogP contribution in [-0.2, 0) is 0 Å². The Bertz CT molecular complexity index is 1240. The molecule has 0 bridgehead atoms. The lowest BCUT2D eigenvalue weighted by molar-refractivity contribution is 1.30. The molecule has 0 radical (unpaired) electrons. The smallest absolute Gasteiger partial charge is 0.142 e. The molecule has 120 valence electrons. The van der Waals surface area contributed by atoms with Crippen molar-refractivity contribution in [2.24, 2.45) is 0 Å². The normalized spacial score (nSPS) is 11.4. The summed E-state index contributed by atoms with van der Waals surface area (Å²) in [5.74, 6) is 0.792. The third kappa shape index (κ3) is 2.21. The molecule has 25 heavy (non-hydrogen) atoms. The van der Waals surface area contributed by atoms with Crippen molar-refractivity contribution in [1.82, 2.24) is 19.9 Å².